The Morgan fingerprint density at radius 3 is 2.40 bits per heavy atom. The first-order chi connectivity index (χ1) is 14.4. The molecular formula is C23H32N6O. The molecule has 0 radical (unpaired) electrons. The molecule has 0 saturated carbocycles. The molecule has 7 heteroatoms. The van der Waals surface area contributed by atoms with Gasteiger partial charge in [-0.1, -0.05) is 24.3 Å². The zero-order valence-electron chi connectivity index (χ0n) is 17.9. The van der Waals surface area contributed by atoms with Crippen molar-refractivity contribution in [2.45, 2.75) is 32.5 Å². The first-order valence-electron chi connectivity index (χ1n) is 10.6. The van der Waals surface area contributed by atoms with Gasteiger partial charge in [0.05, 0.1) is 0 Å². The molecule has 3 aromatic rings. The number of nitrogens with two attached hydrogens (primary N) is 1. The van der Waals surface area contributed by atoms with Crippen LogP contribution in [0, 0.1) is 0 Å². The fraction of sp³-hybridized carbons (Fsp3) is 0.435. The fourth-order valence-corrected chi connectivity index (χ4v) is 4.25. The molecule has 0 amide bonds. The predicted octanol–water partition coefficient (Wildman–Crippen LogP) is 2.42. The van der Waals surface area contributed by atoms with Crippen molar-refractivity contribution in [3.05, 3.63) is 59.9 Å². The number of aromatic nitrogens is 2. The molecule has 2 aromatic heterocycles. The highest BCUT2D eigenvalue weighted by Gasteiger charge is 2.23. The Balaban J connectivity index is 1.48. The number of anilines is 1. The Morgan fingerprint density at radius 1 is 1.03 bits per heavy atom. The van der Waals surface area contributed by atoms with Gasteiger partial charge >= 0.3 is 0 Å². The van der Waals surface area contributed by atoms with Gasteiger partial charge in [-0.05, 0) is 37.1 Å². The lowest BCUT2D eigenvalue weighted by molar-refractivity contribution is 0.161. The minimum absolute atomic E-state index is 0.157. The van der Waals surface area contributed by atoms with E-state index in [4.69, 9.17) is 10.9 Å². The second kappa shape index (κ2) is 8.73. The summed E-state index contributed by atoms with van der Waals surface area (Å²) in [5, 5.41) is 10.0. The number of benzene rings is 1. The molecule has 7 nitrogen and oxygen atoms in total. The highest BCUT2D eigenvalue weighted by atomic mass is 16.5. The number of fused-ring (bicyclic) bond motifs is 1. The van der Waals surface area contributed by atoms with E-state index in [-0.39, 0.29) is 5.54 Å². The van der Waals surface area contributed by atoms with Crippen molar-refractivity contribution in [1.29, 1.82) is 0 Å². The normalized spacial score (nSPS) is 15.8. The molecule has 1 fully saturated rings. The summed E-state index contributed by atoms with van der Waals surface area (Å²) in [6, 6.07) is 12.6. The summed E-state index contributed by atoms with van der Waals surface area (Å²) in [5.41, 5.74) is 12.8. The molecule has 0 unspecified atom stereocenters. The van der Waals surface area contributed by atoms with Crippen LogP contribution >= 0.6 is 0 Å². The molecular weight excluding hydrogens is 376 g/mol. The third kappa shape index (κ3) is 4.82. The SMILES string of the molecule is CC(C)(N)CN1CCN(c2ccnc3c2ccn3Cc2ccc(CNO)cc2)CC1. The van der Waals surface area contributed by atoms with E-state index in [9.17, 15) is 0 Å². The molecule has 1 aliphatic heterocycles. The van der Waals surface area contributed by atoms with E-state index in [1.54, 1.807) is 0 Å². The molecule has 0 aliphatic carbocycles. The van der Waals surface area contributed by atoms with E-state index in [2.05, 4.69) is 69.1 Å². The lowest BCUT2D eigenvalue weighted by Crippen LogP contribution is -2.53. The molecule has 1 aliphatic rings. The van der Waals surface area contributed by atoms with Crippen molar-refractivity contribution < 1.29 is 5.21 Å². The Kier molecular flexibility index (Phi) is 6.06. The maximum atomic E-state index is 8.84. The zero-order chi connectivity index (χ0) is 21.1. The van der Waals surface area contributed by atoms with E-state index in [0.717, 1.165) is 50.5 Å². The highest BCUT2D eigenvalue weighted by Crippen LogP contribution is 2.28. The Bertz CT molecular complexity index is 968. The van der Waals surface area contributed by atoms with Crippen LogP contribution < -0.4 is 16.1 Å². The van der Waals surface area contributed by atoms with Gasteiger partial charge in [-0.2, -0.15) is 0 Å². The van der Waals surface area contributed by atoms with Crippen LogP contribution in [0.2, 0.25) is 0 Å². The number of pyridine rings is 1. The highest BCUT2D eigenvalue weighted by molar-refractivity contribution is 5.90. The average Bonchev–Trinajstić information content (AvgIpc) is 3.12. The Morgan fingerprint density at radius 2 is 1.73 bits per heavy atom. The maximum absolute atomic E-state index is 8.84. The van der Waals surface area contributed by atoms with Gasteiger partial charge in [0.15, 0.2) is 0 Å². The molecule has 160 valence electrons. The standard InChI is InChI=1S/C23H32N6O/c1-23(2,24)17-27-11-13-28(14-12-27)21-7-9-25-22-20(21)8-10-29(22)16-19-5-3-18(4-6-19)15-26-30/h3-10,26,30H,11-17,24H2,1-2H3. The van der Waals surface area contributed by atoms with Gasteiger partial charge in [-0.15, -0.1) is 0 Å². The van der Waals surface area contributed by atoms with Crippen molar-refractivity contribution in [3.63, 3.8) is 0 Å². The fourth-order valence-electron chi connectivity index (χ4n) is 4.25. The number of hydrogen-bond donors (Lipinski definition) is 3. The van der Waals surface area contributed by atoms with Gasteiger partial charge < -0.3 is 20.4 Å². The van der Waals surface area contributed by atoms with Crippen LogP contribution in [0.4, 0.5) is 5.69 Å². The second-order valence-electron chi connectivity index (χ2n) is 8.91. The molecule has 0 atom stereocenters. The molecule has 1 saturated heterocycles. The zero-order valence-corrected chi connectivity index (χ0v) is 17.9. The Hall–Kier alpha value is -2.45. The van der Waals surface area contributed by atoms with E-state index in [1.807, 2.05) is 18.3 Å². The molecule has 0 spiro atoms. The lowest BCUT2D eigenvalue weighted by Gasteiger charge is -2.38. The van der Waals surface area contributed by atoms with Crippen LogP contribution in [0.3, 0.4) is 0 Å². The summed E-state index contributed by atoms with van der Waals surface area (Å²) in [6.07, 6.45) is 4.04. The monoisotopic (exact) mass is 408 g/mol. The average molecular weight is 409 g/mol. The molecule has 4 N–H and O–H groups in total. The van der Waals surface area contributed by atoms with Crippen LogP contribution in [0.5, 0.6) is 0 Å². The number of piperazine rings is 1. The van der Waals surface area contributed by atoms with Crippen molar-refractivity contribution in [1.82, 2.24) is 19.9 Å². The van der Waals surface area contributed by atoms with Crippen LogP contribution in [0.25, 0.3) is 11.0 Å². The van der Waals surface area contributed by atoms with Crippen molar-refractivity contribution in [2.75, 3.05) is 37.6 Å². The smallest absolute Gasteiger partial charge is 0.142 e. The summed E-state index contributed by atoms with van der Waals surface area (Å²) in [6.45, 7) is 10.4. The first-order valence-corrected chi connectivity index (χ1v) is 10.6. The van der Waals surface area contributed by atoms with E-state index in [1.165, 1.54) is 16.6 Å². The van der Waals surface area contributed by atoms with Gasteiger partial charge in [-0.3, -0.25) is 4.90 Å². The minimum Gasteiger partial charge on any atom is -0.368 e. The first kappa shape index (κ1) is 20.8. The molecule has 3 heterocycles. The van der Waals surface area contributed by atoms with Gasteiger partial charge in [0, 0.05) is 74.8 Å². The third-order valence-electron chi connectivity index (χ3n) is 5.64. The van der Waals surface area contributed by atoms with Crippen LogP contribution in [-0.4, -0.2) is 57.9 Å². The van der Waals surface area contributed by atoms with Gasteiger partial charge in [0.1, 0.15) is 5.65 Å². The summed E-state index contributed by atoms with van der Waals surface area (Å²) >= 11 is 0. The topological polar surface area (TPSA) is 82.6 Å². The number of rotatable bonds is 7. The minimum atomic E-state index is -0.157. The van der Waals surface area contributed by atoms with Crippen molar-refractivity contribution in [3.8, 4) is 0 Å². The number of nitrogens with one attached hydrogen (secondary N) is 1. The summed E-state index contributed by atoms with van der Waals surface area (Å²) in [7, 11) is 0. The molecule has 30 heavy (non-hydrogen) atoms. The summed E-state index contributed by atoms with van der Waals surface area (Å²) in [4.78, 5) is 9.59. The van der Waals surface area contributed by atoms with E-state index < -0.39 is 0 Å². The van der Waals surface area contributed by atoms with Gasteiger partial charge in [-0.25, -0.2) is 10.5 Å². The molecule has 1 aromatic carbocycles. The number of hydroxylamine groups is 1. The predicted molar refractivity (Wildman–Crippen MR) is 121 cm³/mol. The lowest BCUT2D eigenvalue weighted by atomic mass is 10.1. The quantitative estimate of drug-likeness (QED) is 0.521. The maximum Gasteiger partial charge on any atom is 0.142 e. The van der Waals surface area contributed by atoms with Gasteiger partial charge in [0.2, 0.25) is 0 Å². The molecule has 4 rings (SSSR count). The van der Waals surface area contributed by atoms with Crippen LogP contribution in [-0.2, 0) is 13.1 Å². The van der Waals surface area contributed by atoms with Crippen LogP contribution in [0.1, 0.15) is 25.0 Å². The van der Waals surface area contributed by atoms with E-state index in [0.29, 0.717) is 6.54 Å². The van der Waals surface area contributed by atoms with Crippen LogP contribution in [0.15, 0.2) is 48.8 Å². The van der Waals surface area contributed by atoms with Gasteiger partial charge in [0.25, 0.3) is 0 Å². The summed E-state index contributed by atoms with van der Waals surface area (Å²) in [5.74, 6) is 0. The molecule has 0 bridgehead atoms. The second-order valence-corrected chi connectivity index (χ2v) is 8.91. The third-order valence-corrected chi connectivity index (χ3v) is 5.64. The van der Waals surface area contributed by atoms with Crippen molar-refractivity contribution in [2.24, 2.45) is 5.73 Å². The Labute approximate surface area is 178 Å². The number of hydrogen-bond acceptors (Lipinski definition) is 6. The van der Waals surface area contributed by atoms with Crippen molar-refractivity contribution >= 4 is 16.7 Å². The van der Waals surface area contributed by atoms with E-state index >= 15 is 0 Å². The largest absolute Gasteiger partial charge is 0.368 e. The summed E-state index contributed by atoms with van der Waals surface area (Å²) < 4.78 is 2.20. The number of nitrogens with zero attached hydrogens (tertiary/aromatic N) is 4.